The van der Waals surface area contributed by atoms with Gasteiger partial charge in [0.25, 0.3) is 11.8 Å². The van der Waals surface area contributed by atoms with Gasteiger partial charge >= 0.3 is 5.97 Å². The number of aliphatic carboxylic acids is 1. The van der Waals surface area contributed by atoms with E-state index < -0.39 is 23.3 Å². The molecule has 1 unspecified atom stereocenters. The second kappa shape index (κ2) is 3.84. The number of hydrogen-bond acceptors (Lipinski definition) is 3. The standard InChI is InChI=1S/C10H13NO4/c1-3-6-10(2,9(14)15)11-7(12)4-5-8(11)13/h4-5H,3,6H2,1-2H3,(H,14,15). The number of carbonyl (C=O) groups excluding carboxylic acids is 2. The molecule has 1 atom stereocenters. The first-order valence-electron chi connectivity index (χ1n) is 4.73. The molecule has 5 heteroatoms. The fourth-order valence-corrected chi connectivity index (χ4v) is 1.69. The van der Waals surface area contributed by atoms with Crippen LogP contribution in [0.25, 0.3) is 0 Å². The van der Waals surface area contributed by atoms with Gasteiger partial charge in [0.2, 0.25) is 0 Å². The average Bonchev–Trinajstić information content (AvgIpc) is 2.46. The molecule has 0 spiro atoms. The van der Waals surface area contributed by atoms with E-state index in [1.165, 1.54) is 6.92 Å². The molecule has 2 amide bonds. The molecule has 0 aliphatic carbocycles. The molecule has 15 heavy (non-hydrogen) atoms. The maximum Gasteiger partial charge on any atom is 0.329 e. The Balaban J connectivity index is 3.05. The molecule has 0 aromatic carbocycles. The number of imide groups is 1. The van der Waals surface area contributed by atoms with E-state index >= 15 is 0 Å². The van der Waals surface area contributed by atoms with Crippen LogP contribution < -0.4 is 0 Å². The van der Waals surface area contributed by atoms with Crippen LogP contribution in [0.5, 0.6) is 0 Å². The van der Waals surface area contributed by atoms with Crippen LogP contribution in [0.3, 0.4) is 0 Å². The number of carbonyl (C=O) groups is 3. The molecule has 0 saturated heterocycles. The molecular formula is C10H13NO4. The van der Waals surface area contributed by atoms with E-state index in [0.717, 1.165) is 17.1 Å². The van der Waals surface area contributed by atoms with E-state index in [0.29, 0.717) is 6.42 Å². The molecule has 5 nitrogen and oxygen atoms in total. The van der Waals surface area contributed by atoms with Gasteiger partial charge in [-0.25, -0.2) is 4.79 Å². The minimum Gasteiger partial charge on any atom is -0.479 e. The molecule has 1 rings (SSSR count). The van der Waals surface area contributed by atoms with Crippen molar-refractivity contribution in [1.82, 2.24) is 4.90 Å². The van der Waals surface area contributed by atoms with Crippen LogP contribution >= 0.6 is 0 Å². The summed E-state index contributed by atoms with van der Waals surface area (Å²) in [6, 6.07) is 0. The smallest absolute Gasteiger partial charge is 0.329 e. The summed E-state index contributed by atoms with van der Waals surface area (Å²) in [5.74, 6) is -2.27. The van der Waals surface area contributed by atoms with E-state index in [4.69, 9.17) is 5.11 Å². The third-order valence-electron chi connectivity index (χ3n) is 2.50. The van der Waals surface area contributed by atoms with Crippen LogP contribution in [0, 0.1) is 0 Å². The summed E-state index contributed by atoms with van der Waals surface area (Å²) in [7, 11) is 0. The van der Waals surface area contributed by atoms with Crippen molar-refractivity contribution in [3.05, 3.63) is 12.2 Å². The highest BCUT2D eigenvalue weighted by atomic mass is 16.4. The van der Waals surface area contributed by atoms with Crippen molar-refractivity contribution < 1.29 is 19.5 Å². The van der Waals surface area contributed by atoms with Gasteiger partial charge < -0.3 is 5.11 Å². The van der Waals surface area contributed by atoms with Gasteiger partial charge in [-0.15, -0.1) is 0 Å². The Kier molecular flexibility index (Phi) is 2.93. The van der Waals surface area contributed by atoms with Crippen LogP contribution in [0.2, 0.25) is 0 Å². The van der Waals surface area contributed by atoms with Crippen molar-refractivity contribution in [3.63, 3.8) is 0 Å². The van der Waals surface area contributed by atoms with Gasteiger partial charge in [0.15, 0.2) is 0 Å². The van der Waals surface area contributed by atoms with Crippen LogP contribution in [-0.2, 0) is 14.4 Å². The monoisotopic (exact) mass is 211 g/mol. The van der Waals surface area contributed by atoms with Crippen molar-refractivity contribution in [2.75, 3.05) is 0 Å². The maximum absolute atomic E-state index is 11.4. The highest BCUT2D eigenvalue weighted by Crippen LogP contribution is 2.25. The summed E-state index contributed by atoms with van der Waals surface area (Å²) in [6.45, 7) is 3.20. The molecule has 1 N–H and O–H groups in total. The molecule has 0 aromatic rings. The Morgan fingerprint density at radius 1 is 1.40 bits per heavy atom. The fraction of sp³-hybridized carbons (Fsp3) is 0.500. The van der Waals surface area contributed by atoms with Gasteiger partial charge in [0.05, 0.1) is 0 Å². The van der Waals surface area contributed by atoms with Crippen molar-refractivity contribution >= 4 is 17.8 Å². The van der Waals surface area contributed by atoms with E-state index in [1.54, 1.807) is 6.92 Å². The van der Waals surface area contributed by atoms with Crippen LogP contribution in [0.4, 0.5) is 0 Å². The predicted octanol–water partition coefficient (Wildman–Crippen LogP) is 0.555. The first-order valence-corrected chi connectivity index (χ1v) is 4.73. The number of nitrogens with zero attached hydrogens (tertiary/aromatic N) is 1. The molecular weight excluding hydrogens is 198 g/mol. The van der Waals surface area contributed by atoms with Crippen molar-refractivity contribution in [3.8, 4) is 0 Å². The number of hydrogen-bond donors (Lipinski definition) is 1. The highest BCUT2D eigenvalue weighted by molar-refractivity contribution is 6.15. The number of amides is 2. The van der Waals surface area contributed by atoms with Gasteiger partial charge in [-0.3, -0.25) is 14.5 Å². The molecule has 0 fully saturated rings. The van der Waals surface area contributed by atoms with Crippen molar-refractivity contribution in [2.45, 2.75) is 32.2 Å². The molecule has 82 valence electrons. The quantitative estimate of drug-likeness (QED) is 0.689. The molecule has 0 aromatic heterocycles. The Labute approximate surface area is 87.4 Å². The normalized spacial score (nSPS) is 19.5. The molecule has 1 heterocycles. The van der Waals surface area contributed by atoms with E-state index in [1.807, 2.05) is 0 Å². The van der Waals surface area contributed by atoms with Crippen LogP contribution in [0.1, 0.15) is 26.7 Å². The lowest BCUT2D eigenvalue weighted by molar-refractivity contribution is -0.161. The van der Waals surface area contributed by atoms with E-state index in [-0.39, 0.29) is 6.42 Å². The summed E-state index contributed by atoms with van der Waals surface area (Å²) in [4.78, 5) is 34.7. The third kappa shape index (κ3) is 1.77. The second-order valence-corrected chi connectivity index (χ2v) is 3.67. The highest BCUT2D eigenvalue weighted by Gasteiger charge is 2.45. The topological polar surface area (TPSA) is 74.7 Å². The van der Waals surface area contributed by atoms with E-state index in [2.05, 4.69) is 0 Å². The molecule has 0 bridgehead atoms. The minimum atomic E-state index is -1.44. The Bertz CT molecular complexity index is 329. The second-order valence-electron chi connectivity index (χ2n) is 3.67. The Morgan fingerprint density at radius 3 is 2.20 bits per heavy atom. The molecule has 1 aliphatic rings. The largest absolute Gasteiger partial charge is 0.479 e. The van der Waals surface area contributed by atoms with Gasteiger partial charge in [0.1, 0.15) is 5.54 Å². The number of carboxylic acids is 1. The summed E-state index contributed by atoms with van der Waals surface area (Å²) in [5.41, 5.74) is -1.44. The van der Waals surface area contributed by atoms with Crippen molar-refractivity contribution in [2.24, 2.45) is 0 Å². The Morgan fingerprint density at radius 2 is 1.87 bits per heavy atom. The zero-order chi connectivity index (χ0) is 11.6. The zero-order valence-corrected chi connectivity index (χ0v) is 8.69. The van der Waals surface area contributed by atoms with Gasteiger partial charge in [-0.1, -0.05) is 13.3 Å². The third-order valence-corrected chi connectivity index (χ3v) is 2.50. The van der Waals surface area contributed by atoms with E-state index in [9.17, 15) is 14.4 Å². The number of carboxylic acid groups (broad SMARTS) is 1. The van der Waals surface area contributed by atoms with Gasteiger partial charge in [-0.05, 0) is 13.3 Å². The first kappa shape index (κ1) is 11.4. The lowest BCUT2D eigenvalue weighted by Crippen LogP contribution is -2.55. The Hall–Kier alpha value is -1.65. The summed E-state index contributed by atoms with van der Waals surface area (Å²) >= 11 is 0. The predicted molar refractivity (Wildman–Crippen MR) is 51.9 cm³/mol. The SMILES string of the molecule is CCCC(C)(C(=O)O)N1C(=O)C=CC1=O. The minimum absolute atomic E-state index is 0.251. The lowest BCUT2D eigenvalue weighted by Gasteiger charge is -2.32. The molecule has 0 saturated carbocycles. The number of rotatable bonds is 4. The van der Waals surface area contributed by atoms with Gasteiger partial charge in [-0.2, -0.15) is 0 Å². The fourth-order valence-electron chi connectivity index (χ4n) is 1.69. The zero-order valence-electron chi connectivity index (χ0n) is 8.69. The summed E-state index contributed by atoms with van der Waals surface area (Å²) in [5, 5.41) is 9.09. The average molecular weight is 211 g/mol. The maximum atomic E-state index is 11.4. The summed E-state index contributed by atoms with van der Waals surface area (Å²) in [6.07, 6.45) is 3.03. The first-order chi connectivity index (χ1) is 6.93. The van der Waals surface area contributed by atoms with Crippen molar-refractivity contribution in [1.29, 1.82) is 0 Å². The summed E-state index contributed by atoms with van der Waals surface area (Å²) < 4.78 is 0. The lowest BCUT2D eigenvalue weighted by atomic mass is 9.94. The van der Waals surface area contributed by atoms with Crippen LogP contribution in [-0.4, -0.2) is 33.3 Å². The van der Waals surface area contributed by atoms with Gasteiger partial charge in [0, 0.05) is 12.2 Å². The molecule has 0 radical (unpaired) electrons. The van der Waals surface area contributed by atoms with Crippen LogP contribution in [0.15, 0.2) is 12.2 Å². The molecule has 1 aliphatic heterocycles.